The van der Waals surface area contributed by atoms with Crippen molar-refractivity contribution in [3.63, 3.8) is 0 Å². The van der Waals surface area contributed by atoms with E-state index in [2.05, 4.69) is 19.2 Å². The van der Waals surface area contributed by atoms with Crippen LogP contribution in [0.3, 0.4) is 0 Å². The van der Waals surface area contributed by atoms with Crippen LogP contribution in [0.5, 0.6) is 0 Å². The lowest BCUT2D eigenvalue weighted by atomic mass is 10.2. The second kappa shape index (κ2) is 3.81. The van der Waals surface area contributed by atoms with Crippen LogP contribution in [0.25, 0.3) is 0 Å². The van der Waals surface area contributed by atoms with E-state index >= 15 is 0 Å². The van der Waals surface area contributed by atoms with Crippen molar-refractivity contribution in [3.05, 3.63) is 0 Å². The minimum atomic E-state index is -2.87. The van der Waals surface area contributed by atoms with Gasteiger partial charge in [0.1, 0.15) is 0 Å². The molecule has 0 aromatic rings. The van der Waals surface area contributed by atoms with Gasteiger partial charge in [0.05, 0.1) is 11.0 Å². The third-order valence-electron chi connectivity index (χ3n) is 3.01. The Morgan fingerprint density at radius 1 is 1.43 bits per heavy atom. The molecule has 0 radical (unpaired) electrons. The Morgan fingerprint density at radius 3 is 2.29 bits per heavy atom. The molecule has 0 aromatic carbocycles. The molecule has 1 aliphatic rings. The van der Waals surface area contributed by atoms with Crippen molar-refractivity contribution in [3.8, 4) is 0 Å². The Bertz CT molecular complexity index is 293. The van der Waals surface area contributed by atoms with E-state index < -0.39 is 9.84 Å². The quantitative estimate of drug-likeness (QED) is 0.755. The summed E-state index contributed by atoms with van der Waals surface area (Å²) in [4.78, 5) is 0. The van der Waals surface area contributed by atoms with Gasteiger partial charge >= 0.3 is 0 Å². The van der Waals surface area contributed by atoms with Crippen LogP contribution in [0.15, 0.2) is 0 Å². The van der Waals surface area contributed by atoms with Crippen LogP contribution >= 0.6 is 0 Å². The lowest BCUT2D eigenvalue weighted by molar-refractivity contribution is 0.546. The molecule has 0 heterocycles. The molecule has 1 rings (SSSR count). The molecule has 3 nitrogen and oxygen atoms in total. The van der Waals surface area contributed by atoms with Crippen molar-refractivity contribution in [2.75, 3.05) is 12.3 Å². The maximum Gasteiger partial charge on any atom is 0.153 e. The van der Waals surface area contributed by atoms with Crippen molar-refractivity contribution >= 4 is 9.84 Å². The number of hydrogen-bond acceptors (Lipinski definition) is 3. The first-order chi connectivity index (χ1) is 6.26. The second-order valence-electron chi connectivity index (χ2n) is 5.12. The Kier molecular flexibility index (Phi) is 3.26. The van der Waals surface area contributed by atoms with Crippen LogP contribution in [-0.4, -0.2) is 32.0 Å². The zero-order valence-corrected chi connectivity index (χ0v) is 10.3. The standard InChI is InChI=1S/C10H21NO2S/c1-8(2)14(12,13)6-5-11-9-7-10(9,3)4/h8-9,11H,5-7H2,1-4H3. The largest absolute Gasteiger partial charge is 0.312 e. The summed E-state index contributed by atoms with van der Waals surface area (Å²) < 4.78 is 22.9. The summed E-state index contributed by atoms with van der Waals surface area (Å²) in [5, 5.41) is 3.03. The molecule has 14 heavy (non-hydrogen) atoms. The number of sulfone groups is 1. The molecule has 0 bridgehead atoms. The summed E-state index contributed by atoms with van der Waals surface area (Å²) in [6.07, 6.45) is 1.16. The fraction of sp³-hybridized carbons (Fsp3) is 1.00. The molecule has 1 unspecified atom stereocenters. The SMILES string of the molecule is CC(C)S(=O)(=O)CCNC1CC1(C)C. The molecule has 1 aliphatic carbocycles. The monoisotopic (exact) mass is 219 g/mol. The molecule has 0 amide bonds. The normalized spacial score (nSPS) is 25.4. The van der Waals surface area contributed by atoms with E-state index in [-0.39, 0.29) is 11.0 Å². The van der Waals surface area contributed by atoms with E-state index in [9.17, 15) is 8.42 Å². The highest BCUT2D eigenvalue weighted by molar-refractivity contribution is 7.92. The third kappa shape index (κ3) is 2.95. The Hall–Kier alpha value is -0.0900. The van der Waals surface area contributed by atoms with Gasteiger partial charge in [-0.1, -0.05) is 13.8 Å². The first-order valence-electron chi connectivity index (χ1n) is 5.21. The number of rotatable bonds is 5. The first-order valence-corrected chi connectivity index (χ1v) is 6.92. The molecular formula is C10H21NO2S. The molecule has 0 saturated heterocycles. The fourth-order valence-corrected chi connectivity index (χ4v) is 2.30. The fourth-order valence-electron chi connectivity index (χ4n) is 1.43. The minimum absolute atomic E-state index is 0.253. The van der Waals surface area contributed by atoms with E-state index in [4.69, 9.17) is 0 Å². The van der Waals surface area contributed by atoms with E-state index in [0.717, 1.165) is 6.42 Å². The second-order valence-corrected chi connectivity index (χ2v) is 7.79. The van der Waals surface area contributed by atoms with E-state index in [1.54, 1.807) is 13.8 Å². The molecule has 0 spiro atoms. The summed E-state index contributed by atoms with van der Waals surface area (Å²) in [7, 11) is -2.87. The van der Waals surface area contributed by atoms with Crippen molar-refractivity contribution in [1.29, 1.82) is 0 Å². The van der Waals surface area contributed by atoms with Crippen LogP contribution in [0.2, 0.25) is 0 Å². The highest BCUT2D eigenvalue weighted by atomic mass is 32.2. The van der Waals surface area contributed by atoms with Crippen LogP contribution in [-0.2, 0) is 9.84 Å². The van der Waals surface area contributed by atoms with Gasteiger partial charge in [-0.05, 0) is 25.7 Å². The summed E-state index contributed by atoms with van der Waals surface area (Å²) >= 11 is 0. The minimum Gasteiger partial charge on any atom is -0.312 e. The molecular weight excluding hydrogens is 198 g/mol. The van der Waals surface area contributed by atoms with Gasteiger partial charge in [0.2, 0.25) is 0 Å². The smallest absolute Gasteiger partial charge is 0.153 e. The predicted molar refractivity (Wildman–Crippen MR) is 59.1 cm³/mol. The zero-order chi connectivity index (χ0) is 11.0. The van der Waals surface area contributed by atoms with Crippen LogP contribution in [0, 0.1) is 5.41 Å². The van der Waals surface area contributed by atoms with Gasteiger partial charge in [0, 0.05) is 12.6 Å². The van der Waals surface area contributed by atoms with Gasteiger partial charge in [0.25, 0.3) is 0 Å². The third-order valence-corrected chi connectivity index (χ3v) is 5.22. The Balaban J connectivity index is 2.23. The highest BCUT2D eigenvalue weighted by Crippen LogP contribution is 2.44. The average molecular weight is 219 g/mol. The van der Waals surface area contributed by atoms with Crippen molar-refractivity contribution in [1.82, 2.24) is 5.32 Å². The van der Waals surface area contributed by atoms with E-state index in [1.807, 2.05) is 0 Å². The maximum absolute atomic E-state index is 11.5. The summed E-state index contributed by atoms with van der Waals surface area (Å²) in [6.45, 7) is 8.45. The van der Waals surface area contributed by atoms with E-state index in [1.165, 1.54) is 0 Å². The predicted octanol–water partition coefficient (Wildman–Crippen LogP) is 1.20. The average Bonchev–Trinajstić information content (AvgIpc) is 2.58. The van der Waals surface area contributed by atoms with Gasteiger partial charge in [-0.2, -0.15) is 0 Å². The lowest BCUT2D eigenvalue weighted by Crippen LogP contribution is -2.30. The van der Waals surface area contributed by atoms with Crippen molar-refractivity contribution in [2.24, 2.45) is 5.41 Å². The van der Waals surface area contributed by atoms with Gasteiger partial charge in [-0.3, -0.25) is 0 Å². The summed E-state index contributed by atoms with van der Waals surface area (Å²) in [6, 6.07) is 0.518. The van der Waals surface area contributed by atoms with Crippen LogP contribution < -0.4 is 5.32 Å². The molecule has 0 aliphatic heterocycles. The Labute approximate surface area is 87.2 Å². The number of hydrogen-bond donors (Lipinski definition) is 1. The summed E-state index contributed by atoms with van der Waals surface area (Å²) in [5.74, 6) is 0.261. The van der Waals surface area contributed by atoms with Gasteiger partial charge < -0.3 is 5.32 Å². The highest BCUT2D eigenvalue weighted by Gasteiger charge is 2.45. The topological polar surface area (TPSA) is 46.2 Å². The number of nitrogens with one attached hydrogen (secondary N) is 1. The van der Waals surface area contributed by atoms with Gasteiger partial charge in [-0.25, -0.2) is 8.42 Å². The molecule has 4 heteroatoms. The van der Waals surface area contributed by atoms with Gasteiger partial charge in [-0.15, -0.1) is 0 Å². The molecule has 1 atom stereocenters. The van der Waals surface area contributed by atoms with E-state index in [0.29, 0.717) is 18.0 Å². The zero-order valence-electron chi connectivity index (χ0n) is 9.50. The molecule has 1 fully saturated rings. The summed E-state index contributed by atoms with van der Waals surface area (Å²) in [5.41, 5.74) is 0.377. The van der Waals surface area contributed by atoms with Gasteiger partial charge in [0.15, 0.2) is 9.84 Å². The van der Waals surface area contributed by atoms with Crippen LogP contribution in [0.4, 0.5) is 0 Å². The maximum atomic E-state index is 11.5. The molecule has 1 N–H and O–H groups in total. The van der Waals surface area contributed by atoms with Crippen molar-refractivity contribution < 1.29 is 8.42 Å². The molecule has 84 valence electrons. The first kappa shape index (κ1) is 12.0. The Morgan fingerprint density at radius 2 is 1.93 bits per heavy atom. The van der Waals surface area contributed by atoms with Crippen molar-refractivity contribution in [2.45, 2.75) is 45.4 Å². The molecule has 1 saturated carbocycles. The van der Waals surface area contributed by atoms with Crippen LogP contribution in [0.1, 0.15) is 34.1 Å². The lowest BCUT2D eigenvalue weighted by Gasteiger charge is -2.09. The molecule has 0 aromatic heterocycles.